The molecule has 0 saturated carbocycles. The van der Waals surface area contributed by atoms with E-state index in [-0.39, 0.29) is 6.42 Å². The van der Waals surface area contributed by atoms with Crippen molar-refractivity contribution in [3.8, 4) is 0 Å². The van der Waals surface area contributed by atoms with Gasteiger partial charge in [0.2, 0.25) is 4.87 Å². The van der Waals surface area contributed by atoms with Crippen molar-refractivity contribution in [2.45, 2.75) is 18.2 Å². The molecule has 64 valence electrons. The Morgan fingerprint density at radius 1 is 1.55 bits per heavy atom. The van der Waals surface area contributed by atoms with Crippen LogP contribution in [0.3, 0.4) is 0 Å². The predicted octanol–water partition coefficient (Wildman–Crippen LogP) is 1.31. The minimum absolute atomic E-state index is 0.115. The standard InChI is InChI=1S/C6H8Cl2O3/c1-3-6(8,4(7)9)5(10)11-2/h3H2,1-2H3. The van der Waals surface area contributed by atoms with Crippen molar-refractivity contribution < 1.29 is 14.3 Å². The van der Waals surface area contributed by atoms with E-state index in [0.717, 1.165) is 7.11 Å². The Balaban J connectivity index is 4.59. The highest BCUT2D eigenvalue weighted by atomic mass is 35.5. The van der Waals surface area contributed by atoms with Gasteiger partial charge in [-0.3, -0.25) is 4.79 Å². The van der Waals surface area contributed by atoms with Gasteiger partial charge in [0.25, 0.3) is 5.24 Å². The van der Waals surface area contributed by atoms with Crippen LogP contribution in [0.15, 0.2) is 0 Å². The molecule has 0 aromatic rings. The van der Waals surface area contributed by atoms with Crippen LogP contribution in [-0.4, -0.2) is 23.2 Å². The SMILES string of the molecule is CCC(Cl)(C(=O)Cl)C(=O)OC. The van der Waals surface area contributed by atoms with E-state index in [1.165, 1.54) is 0 Å². The zero-order valence-electron chi connectivity index (χ0n) is 6.19. The summed E-state index contributed by atoms with van der Waals surface area (Å²) in [7, 11) is 1.15. The fourth-order valence-electron chi connectivity index (χ4n) is 0.525. The number of hydrogen-bond donors (Lipinski definition) is 0. The summed E-state index contributed by atoms with van der Waals surface area (Å²) in [6.45, 7) is 1.57. The number of halogens is 2. The fourth-order valence-corrected chi connectivity index (χ4v) is 0.813. The van der Waals surface area contributed by atoms with Crippen LogP contribution in [-0.2, 0) is 14.3 Å². The maximum atomic E-state index is 10.8. The third-order valence-electron chi connectivity index (χ3n) is 1.31. The molecular formula is C6H8Cl2O3. The number of carbonyl (C=O) groups excluding carboxylic acids is 2. The third-order valence-corrected chi connectivity index (χ3v) is 2.32. The maximum Gasteiger partial charge on any atom is 0.336 e. The Morgan fingerprint density at radius 3 is 2.09 bits per heavy atom. The van der Waals surface area contributed by atoms with Crippen LogP contribution in [0.25, 0.3) is 0 Å². The van der Waals surface area contributed by atoms with Crippen LogP contribution in [0, 0.1) is 0 Å². The molecule has 0 rings (SSSR count). The molecule has 0 aliphatic heterocycles. The van der Waals surface area contributed by atoms with E-state index >= 15 is 0 Å². The van der Waals surface area contributed by atoms with Crippen LogP contribution >= 0.6 is 23.2 Å². The van der Waals surface area contributed by atoms with Crippen molar-refractivity contribution >= 4 is 34.4 Å². The fraction of sp³-hybridized carbons (Fsp3) is 0.667. The number of methoxy groups -OCH3 is 1. The van der Waals surface area contributed by atoms with Gasteiger partial charge in [-0.05, 0) is 18.0 Å². The summed E-state index contributed by atoms with van der Waals surface area (Å²) in [5.74, 6) is -0.818. The number of hydrogen-bond acceptors (Lipinski definition) is 3. The van der Waals surface area contributed by atoms with Crippen LogP contribution in [0.4, 0.5) is 0 Å². The predicted molar refractivity (Wildman–Crippen MR) is 41.8 cm³/mol. The van der Waals surface area contributed by atoms with Gasteiger partial charge < -0.3 is 4.74 Å². The molecule has 0 bridgehead atoms. The average Bonchev–Trinajstić information content (AvgIpc) is 2.01. The van der Waals surface area contributed by atoms with Crippen molar-refractivity contribution in [1.29, 1.82) is 0 Å². The van der Waals surface area contributed by atoms with E-state index in [2.05, 4.69) is 4.74 Å². The van der Waals surface area contributed by atoms with Gasteiger partial charge in [0.15, 0.2) is 0 Å². The Hall–Kier alpha value is -0.280. The highest BCUT2D eigenvalue weighted by Crippen LogP contribution is 2.24. The summed E-state index contributed by atoms with van der Waals surface area (Å²) >= 11 is 10.6. The quantitative estimate of drug-likeness (QED) is 0.298. The van der Waals surface area contributed by atoms with Crippen LogP contribution in [0.2, 0.25) is 0 Å². The third kappa shape index (κ3) is 2.07. The van der Waals surface area contributed by atoms with Gasteiger partial charge in [-0.15, -0.1) is 0 Å². The van der Waals surface area contributed by atoms with Gasteiger partial charge in [0.1, 0.15) is 0 Å². The molecule has 0 amide bonds. The number of alkyl halides is 1. The summed E-state index contributed by atoms with van der Waals surface area (Å²) in [6, 6.07) is 0. The first kappa shape index (κ1) is 10.7. The molecule has 0 saturated heterocycles. The van der Waals surface area contributed by atoms with Crippen molar-refractivity contribution in [2.75, 3.05) is 7.11 Å². The summed E-state index contributed by atoms with van der Waals surface area (Å²) in [5, 5.41) is -0.909. The molecule has 0 aromatic heterocycles. The zero-order chi connectivity index (χ0) is 9.07. The number of esters is 1. The molecule has 0 aliphatic rings. The second kappa shape index (κ2) is 3.93. The van der Waals surface area contributed by atoms with Gasteiger partial charge in [-0.2, -0.15) is 0 Å². The van der Waals surface area contributed by atoms with E-state index in [1.807, 2.05) is 0 Å². The largest absolute Gasteiger partial charge is 0.467 e. The Labute approximate surface area is 74.6 Å². The van der Waals surface area contributed by atoms with E-state index in [9.17, 15) is 9.59 Å². The Morgan fingerprint density at radius 2 is 2.00 bits per heavy atom. The molecule has 0 fully saturated rings. The Bertz CT molecular complexity index is 181. The molecule has 0 N–H and O–H groups in total. The average molecular weight is 199 g/mol. The number of carbonyl (C=O) groups is 2. The van der Waals surface area contributed by atoms with Gasteiger partial charge in [0.05, 0.1) is 7.11 Å². The van der Waals surface area contributed by atoms with E-state index in [1.54, 1.807) is 6.92 Å². The lowest BCUT2D eigenvalue weighted by molar-refractivity contribution is -0.146. The zero-order valence-corrected chi connectivity index (χ0v) is 7.70. The van der Waals surface area contributed by atoms with Crippen molar-refractivity contribution in [3.63, 3.8) is 0 Å². The molecule has 1 unspecified atom stereocenters. The van der Waals surface area contributed by atoms with Crippen molar-refractivity contribution in [3.05, 3.63) is 0 Å². The van der Waals surface area contributed by atoms with E-state index < -0.39 is 16.1 Å². The van der Waals surface area contributed by atoms with Gasteiger partial charge in [0, 0.05) is 0 Å². The van der Waals surface area contributed by atoms with E-state index in [4.69, 9.17) is 23.2 Å². The summed E-state index contributed by atoms with van der Waals surface area (Å²) in [5.41, 5.74) is 0. The maximum absolute atomic E-state index is 10.8. The topological polar surface area (TPSA) is 43.4 Å². The molecule has 0 radical (unpaired) electrons. The monoisotopic (exact) mass is 198 g/mol. The second-order valence-electron chi connectivity index (χ2n) is 1.92. The van der Waals surface area contributed by atoms with Gasteiger partial charge in [-0.25, -0.2) is 4.79 Å². The van der Waals surface area contributed by atoms with Gasteiger partial charge in [-0.1, -0.05) is 18.5 Å². The number of rotatable bonds is 3. The number of ether oxygens (including phenoxy) is 1. The molecule has 0 heterocycles. The van der Waals surface area contributed by atoms with E-state index in [0.29, 0.717) is 0 Å². The summed E-state index contributed by atoms with van der Waals surface area (Å²) in [4.78, 5) is 19.8. The summed E-state index contributed by atoms with van der Waals surface area (Å²) in [6.07, 6.45) is 0.115. The first-order valence-corrected chi connectivity index (χ1v) is 3.72. The normalized spacial score (nSPS) is 15.3. The minimum atomic E-state index is -1.71. The lowest BCUT2D eigenvalue weighted by Crippen LogP contribution is -2.38. The lowest BCUT2D eigenvalue weighted by atomic mass is 10.1. The minimum Gasteiger partial charge on any atom is -0.467 e. The first-order valence-electron chi connectivity index (χ1n) is 2.96. The second-order valence-corrected chi connectivity index (χ2v) is 2.91. The molecule has 0 aromatic carbocycles. The van der Waals surface area contributed by atoms with Crippen molar-refractivity contribution in [1.82, 2.24) is 0 Å². The Kier molecular flexibility index (Phi) is 3.83. The highest BCUT2D eigenvalue weighted by molar-refractivity contribution is 6.74. The molecular weight excluding hydrogens is 191 g/mol. The van der Waals surface area contributed by atoms with Crippen molar-refractivity contribution in [2.24, 2.45) is 0 Å². The molecule has 5 heteroatoms. The molecule has 1 atom stereocenters. The summed E-state index contributed by atoms with van der Waals surface area (Å²) < 4.78 is 4.29. The molecule has 11 heavy (non-hydrogen) atoms. The van der Waals surface area contributed by atoms with Crippen LogP contribution in [0.1, 0.15) is 13.3 Å². The molecule has 0 aliphatic carbocycles. The van der Waals surface area contributed by atoms with Crippen LogP contribution < -0.4 is 0 Å². The highest BCUT2D eigenvalue weighted by Gasteiger charge is 2.42. The molecule has 0 spiro atoms. The van der Waals surface area contributed by atoms with Gasteiger partial charge >= 0.3 is 5.97 Å². The smallest absolute Gasteiger partial charge is 0.336 e. The molecule has 3 nitrogen and oxygen atoms in total. The first-order chi connectivity index (χ1) is 4.99. The van der Waals surface area contributed by atoms with Crippen LogP contribution in [0.5, 0.6) is 0 Å². The lowest BCUT2D eigenvalue weighted by Gasteiger charge is -2.16.